The molecule has 1 heterocycles. The molecule has 0 aromatic rings. The van der Waals surface area contributed by atoms with Crippen molar-refractivity contribution in [3.63, 3.8) is 0 Å². The lowest BCUT2D eigenvalue weighted by Crippen LogP contribution is -2.52. The van der Waals surface area contributed by atoms with Crippen molar-refractivity contribution in [2.75, 3.05) is 20.2 Å². The summed E-state index contributed by atoms with van der Waals surface area (Å²) in [6.07, 6.45) is 2.26. The first-order chi connectivity index (χ1) is 10.7. The molecule has 1 saturated heterocycles. The number of ether oxygens (including phenoxy) is 2. The van der Waals surface area contributed by atoms with Gasteiger partial charge in [0.2, 0.25) is 0 Å². The van der Waals surface area contributed by atoms with Crippen molar-refractivity contribution < 1.29 is 19.1 Å². The lowest BCUT2D eigenvalue weighted by molar-refractivity contribution is -0.145. The van der Waals surface area contributed by atoms with Crippen LogP contribution in [0.4, 0.5) is 4.79 Å². The number of carbonyl (C=O) groups is 2. The van der Waals surface area contributed by atoms with Gasteiger partial charge < -0.3 is 19.7 Å². The number of carbonyl (C=O) groups excluding carboxylic acids is 2. The van der Waals surface area contributed by atoms with E-state index in [-0.39, 0.29) is 30.1 Å². The summed E-state index contributed by atoms with van der Waals surface area (Å²) in [5, 5.41) is 3.41. The second-order valence-electron chi connectivity index (χ2n) is 7.29. The molecule has 1 fully saturated rings. The van der Waals surface area contributed by atoms with Gasteiger partial charge in [0.25, 0.3) is 0 Å². The van der Waals surface area contributed by atoms with Gasteiger partial charge in [0.1, 0.15) is 11.6 Å². The number of amides is 1. The summed E-state index contributed by atoms with van der Waals surface area (Å²) < 4.78 is 10.3. The minimum absolute atomic E-state index is 0.214. The van der Waals surface area contributed by atoms with Crippen molar-refractivity contribution in [2.45, 2.75) is 71.6 Å². The van der Waals surface area contributed by atoms with Crippen molar-refractivity contribution in [1.82, 2.24) is 10.2 Å². The van der Waals surface area contributed by atoms with Crippen LogP contribution in [0.2, 0.25) is 0 Å². The van der Waals surface area contributed by atoms with Crippen molar-refractivity contribution in [3.8, 4) is 0 Å². The van der Waals surface area contributed by atoms with Crippen LogP contribution < -0.4 is 5.32 Å². The normalized spacial score (nSPS) is 19.1. The van der Waals surface area contributed by atoms with Gasteiger partial charge in [0.05, 0.1) is 7.11 Å². The van der Waals surface area contributed by atoms with Crippen LogP contribution in [0.1, 0.15) is 53.9 Å². The molecule has 0 bridgehead atoms. The summed E-state index contributed by atoms with van der Waals surface area (Å²) in [5.41, 5.74) is -0.473. The summed E-state index contributed by atoms with van der Waals surface area (Å²) in [4.78, 5) is 25.7. The second kappa shape index (κ2) is 8.52. The molecule has 2 atom stereocenters. The van der Waals surface area contributed by atoms with Gasteiger partial charge in [-0.15, -0.1) is 0 Å². The number of nitrogens with zero attached hydrogens (tertiary/aromatic N) is 1. The highest BCUT2D eigenvalue weighted by atomic mass is 16.6. The average Bonchev–Trinajstić information content (AvgIpc) is 2.50. The molecule has 1 aliphatic heterocycles. The Bertz CT molecular complexity index is 398. The molecule has 6 heteroatoms. The van der Waals surface area contributed by atoms with Crippen LogP contribution in [0.5, 0.6) is 0 Å². The van der Waals surface area contributed by atoms with Crippen molar-refractivity contribution in [2.24, 2.45) is 5.92 Å². The predicted octanol–water partition coefficient (Wildman–Crippen LogP) is 2.56. The lowest BCUT2D eigenvalue weighted by atomic mass is 9.96. The van der Waals surface area contributed by atoms with Crippen LogP contribution in [0, 0.1) is 5.92 Å². The Balaban J connectivity index is 2.52. The number of likely N-dealkylation sites (tertiary alicyclic amines) is 1. The maximum Gasteiger partial charge on any atom is 0.410 e. The fraction of sp³-hybridized carbons (Fsp3) is 0.882. The molecule has 1 rings (SSSR count). The molecule has 1 amide bonds. The van der Waals surface area contributed by atoms with Gasteiger partial charge in [-0.1, -0.05) is 20.3 Å². The zero-order valence-corrected chi connectivity index (χ0v) is 15.3. The third-order valence-electron chi connectivity index (χ3n) is 4.23. The summed E-state index contributed by atoms with van der Waals surface area (Å²) in [5.74, 6) is 0.000238. The topological polar surface area (TPSA) is 67.9 Å². The summed E-state index contributed by atoms with van der Waals surface area (Å²) in [7, 11) is 1.42. The molecule has 0 spiro atoms. The average molecular weight is 328 g/mol. The number of nitrogens with one attached hydrogen (secondary N) is 1. The molecular weight excluding hydrogens is 296 g/mol. The molecular formula is C17H32N2O4. The summed E-state index contributed by atoms with van der Waals surface area (Å²) in [6.45, 7) is 11.0. The van der Waals surface area contributed by atoms with Gasteiger partial charge in [0, 0.05) is 19.1 Å². The van der Waals surface area contributed by atoms with Crippen molar-refractivity contribution in [3.05, 3.63) is 0 Å². The largest absolute Gasteiger partial charge is 0.468 e. The van der Waals surface area contributed by atoms with E-state index in [0.29, 0.717) is 13.1 Å². The lowest BCUT2D eigenvalue weighted by Gasteiger charge is -2.35. The molecule has 1 aliphatic rings. The molecule has 0 aliphatic carbocycles. The van der Waals surface area contributed by atoms with E-state index >= 15 is 0 Å². The van der Waals surface area contributed by atoms with Crippen LogP contribution in [0.25, 0.3) is 0 Å². The monoisotopic (exact) mass is 328 g/mol. The predicted molar refractivity (Wildman–Crippen MR) is 89.2 cm³/mol. The fourth-order valence-electron chi connectivity index (χ4n) is 2.64. The van der Waals surface area contributed by atoms with E-state index in [4.69, 9.17) is 9.47 Å². The van der Waals surface area contributed by atoms with Crippen LogP contribution >= 0.6 is 0 Å². The second-order valence-corrected chi connectivity index (χ2v) is 7.29. The van der Waals surface area contributed by atoms with E-state index in [2.05, 4.69) is 12.2 Å². The van der Waals surface area contributed by atoms with Crippen LogP contribution in [-0.2, 0) is 14.3 Å². The summed E-state index contributed by atoms with van der Waals surface area (Å²) >= 11 is 0. The SMILES string of the molecule is CC[C@H](C)[C@H](NC1CCN(C(=O)OC(C)(C)C)CC1)C(=O)OC. The zero-order valence-electron chi connectivity index (χ0n) is 15.3. The summed E-state index contributed by atoms with van der Waals surface area (Å²) in [6, 6.07) is -0.0742. The highest BCUT2D eigenvalue weighted by Crippen LogP contribution is 2.18. The van der Waals surface area contributed by atoms with Gasteiger partial charge in [-0.05, 0) is 39.5 Å². The maximum atomic E-state index is 12.1. The Morgan fingerprint density at radius 2 is 1.83 bits per heavy atom. The number of esters is 1. The Kier molecular flexibility index (Phi) is 7.32. The highest BCUT2D eigenvalue weighted by Gasteiger charge is 2.31. The molecule has 1 N–H and O–H groups in total. The third kappa shape index (κ3) is 6.37. The number of methoxy groups -OCH3 is 1. The van der Waals surface area contributed by atoms with Gasteiger partial charge >= 0.3 is 12.1 Å². The Labute approximate surface area is 139 Å². The maximum absolute atomic E-state index is 12.1. The number of rotatable bonds is 5. The fourth-order valence-corrected chi connectivity index (χ4v) is 2.64. The van der Waals surface area contributed by atoms with Gasteiger partial charge in [-0.3, -0.25) is 4.79 Å². The van der Waals surface area contributed by atoms with Gasteiger partial charge in [-0.2, -0.15) is 0 Å². The van der Waals surface area contributed by atoms with Crippen LogP contribution in [0.15, 0.2) is 0 Å². The Morgan fingerprint density at radius 1 is 1.26 bits per heavy atom. The van der Waals surface area contributed by atoms with Gasteiger partial charge in [0.15, 0.2) is 0 Å². The van der Waals surface area contributed by atoms with Crippen molar-refractivity contribution in [1.29, 1.82) is 0 Å². The van der Waals surface area contributed by atoms with E-state index in [9.17, 15) is 9.59 Å². The van der Waals surface area contributed by atoms with E-state index < -0.39 is 5.60 Å². The van der Waals surface area contributed by atoms with E-state index in [0.717, 1.165) is 19.3 Å². The van der Waals surface area contributed by atoms with E-state index in [1.165, 1.54) is 7.11 Å². The van der Waals surface area contributed by atoms with Crippen LogP contribution in [-0.4, -0.2) is 54.8 Å². The first-order valence-corrected chi connectivity index (χ1v) is 8.49. The minimum atomic E-state index is -0.473. The number of piperidine rings is 1. The first-order valence-electron chi connectivity index (χ1n) is 8.49. The quantitative estimate of drug-likeness (QED) is 0.786. The zero-order chi connectivity index (χ0) is 17.6. The standard InChI is InChI=1S/C17H32N2O4/c1-7-12(2)14(15(20)22-6)18-13-8-10-19(11-9-13)16(21)23-17(3,4)5/h12-14,18H,7-11H2,1-6H3/t12-,14-/m0/s1. The molecule has 0 saturated carbocycles. The Hall–Kier alpha value is -1.30. The minimum Gasteiger partial charge on any atom is -0.468 e. The molecule has 0 unspecified atom stereocenters. The molecule has 0 aromatic carbocycles. The number of hydrogen-bond acceptors (Lipinski definition) is 5. The van der Waals surface area contributed by atoms with Crippen LogP contribution in [0.3, 0.4) is 0 Å². The third-order valence-corrected chi connectivity index (χ3v) is 4.23. The van der Waals surface area contributed by atoms with Crippen molar-refractivity contribution >= 4 is 12.1 Å². The first kappa shape index (κ1) is 19.7. The van der Waals surface area contributed by atoms with Gasteiger partial charge in [-0.25, -0.2) is 4.79 Å². The molecule has 0 aromatic heterocycles. The molecule has 134 valence electrons. The number of hydrogen-bond donors (Lipinski definition) is 1. The molecule has 0 radical (unpaired) electrons. The smallest absolute Gasteiger partial charge is 0.410 e. The highest BCUT2D eigenvalue weighted by molar-refractivity contribution is 5.76. The van der Waals surface area contributed by atoms with E-state index in [1.807, 2.05) is 27.7 Å². The van der Waals surface area contributed by atoms with E-state index in [1.54, 1.807) is 4.90 Å². The Morgan fingerprint density at radius 3 is 2.26 bits per heavy atom. The molecule has 23 heavy (non-hydrogen) atoms. The molecule has 6 nitrogen and oxygen atoms in total.